The summed E-state index contributed by atoms with van der Waals surface area (Å²) in [6.07, 6.45) is 0.910. The summed E-state index contributed by atoms with van der Waals surface area (Å²) in [5.74, 6) is -3.15. The third-order valence-corrected chi connectivity index (χ3v) is 10.1. The molecule has 0 radical (unpaired) electrons. The van der Waals surface area contributed by atoms with Crippen LogP contribution in [-0.4, -0.2) is 84.3 Å². The molecule has 0 aliphatic carbocycles. The average molecular weight is 817 g/mol. The van der Waals surface area contributed by atoms with Crippen molar-refractivity contribution >= 4 is 47.2 Å². The highest BCUT2D eigenvalue weighted by molar-refractivity contribution is 6.30. The number of likely N-dealkylation sites (N-methyl/N-ethyl adjacent to an activating group) is 1. The van der Waals surface area contributed by atoms with Crippen molar-refractivity contribution in [2.75, 3.05) is 13.6 Å². The molecule has 4 rings (SSSR count). The highest BCUT2D eigenvalue weighted by atomic mass is 35.5. The highest BCUT2D eigenvalue weighted by Gasteiger charge is 2.38. The van der Waals surface area contributed by atoms with Gasteiger partial charge >= 0.3 is 6.09 Å². The third kappa shape index (κ3) is 14.2. The van der Waals surface area contributed by atoms with E-state index in [0.717, 1.165) is 16.7 Å². The Labute approximate surface area is 346 Å². The summed E-state index contributed by atoms with van der Waals surface area (Å²) in [7, 11) is 1.51. The molecule has 312 valence electrons. The number of rotatable bonds is 14. The lowest BCUT2D eigenvalue weighted by atomic mass is 9.97. The summed E-state index contributed by atoms with van der Waals surface area (Å²) in [6.45, 7) is 7.74. The molecule has 5 N–H and O–H groups in total. The number of hydrogen-bond acceptors (Lipinski definition) is 7. The maximum Gasteiger partial charge on any atom is 0.407 e. The number of ether oxygens (including phenoxy) is 1. The number of halogens is 1. The van der Waals surface area contributed by atoms with Crippen LogP contribution >= 0.6 is 11.6 Å². The molecule has 0 aromatic heterocycles. The Balaban J connectivity index is 1.61. The van der Waals surface area contributed by atoms with Gasteiger partial charge in [-0.25, -0.2) is 4.79 Å². The minimum atomic E-state index is -1.13. The van der Waals surface area contributed by atoms with Crippen molar-refractivity contribution in [3.63, 3.8) is 0 Å². The fourth-order valence-electron chi connectivity index (χ4n) is 6.95. The monoisotopic (exact) mass is 816 g/mol. The quantitative estimate of drug-likeness (QED) is 0.147. The number of nitrogens with one attached hydrogen (secondary N) is 5. The molecule has 0 saturated carbocycles. The van der Waals surface area contributed by atoms with Crippen LogP contribution in [0.25, 0.3) is 0 Å². The lowest BCUT2D eigenvalue weighted by Gasteiger charge is -2.34. The molecule has 3 aromatic rings. The number of hydrogen-bond donors (Lipinski definition) is 5. The standard InChI is InChI=1S/C44H57ClN6O7/c1-28(2)23-35-39(52)48-37(26-31-17-10-7-11-18-31)41(54)49-36(25-30-15-8-6-9-16-30)40(53)47-34(43(56)51(5)38(29(3)4)42(55)50-35)21-12-13-22-46-44(57)58-27-32-19-14-20-33(45)24-32/h6-11,14-20,24,28-29,34-38H,12-13,21-23,25-27H2,1-5H3,(H,46,57)(H,47,53)(H,48,52)(H,49,54)(H,50,55)/t34-,35+,36-,37+,38+/m1/s1. The van der Waals surface area contributed by atoms with Crippen molar-refractivity contribution in [1.82, 2.24) is 31.5 Å². The van der Waals surface area contributed by atoms with Crippen molar-refractivity contribution in [3.8, 4) is 0 Å². The first kappa shape index (κ1) is 45.3. The zero-order valence-corrected chi connectivity index (χ0v) is 34.7. The smallest absolute Gasteiger partial charge is 0.407 e. The van der Waals surface area contributed by atoms with Gasteiger partial charge in [-0.05, 0) is 66.3 Å². The molecule has 1 saturated heterocycles. The molecular formula is C44H57ClN6O7. The van der Waals surface area contributed by atoms with E-state index >= 15 is 0 Å². The second-order valence-corrected chi connectivity index (χ2v) is 16.0. The number of unbranched alkanes of at least 4 members (excludes halogenated alkanes) is 1. The predicted molar refractivity (Wildman–Crippen MR) is 222 cm³/mol. The largest absolute Gasteiger partial charge is 0.445 e. The second-order valence-electron chi connectivity index (χ2n) is 15.5. The van der Waals surface area contributed by atoms with Crippen molar-refractivity contribution in [1.29, 1.82) is 0 Å². The minimum Gasteiger partial charge on any atom is -0.445 e. The number of benzene rings is 3. The fourth-order valence-corrected chi connectivity index (χ4v) is 7.16. The Morgan fingerprint density at radius 2 is 1.21 bits per heavy atom. The van der Waals surface area contributed by atoms with Crippen LogP contribution in [0.5, 0.6) is 0 Å². The molecule has 5 atom stereocenters. The predicted octanol–water partition coefficient (Wildman–Crippen LogP) is 4.70. The Kier molecular flexibility index (Phi) is 17.6. The summed E-state index contributed by atoms with van der Waals surface area (Å²) in [6, 6.07) is 20.1. The Bertz CT molecular complexity index is 1840. The van der Waals surface area contributed by atoms with Crippen LogP contribution in [0.2, 0.25) is 5.02 Å². The van der Waals surface area contributed by atoms with E-state index in [4.69, 9.17) is 16.3 Å². The summed E-state index contributed by atoms with van der Waals surface area (Å²) in [5.41, 5.74) is 2.29. The fraction of sp³-hybridized carbons (Fsp3) is 0.455. The van der Waals surface area contributed by atoms with Gasteiger partial charge in [0.25, 0.3) is 0 Å². The van der Waals surface area contributed by atoms with Gasteiger partial charge < -0.3 is 36.2 Å². The van der Waals surface area contributed by atoms with Crippen molar-refractivity contribution in [3.05, 3.63) is 107 Å². The zero-order valence-electron chi connectivity index (χ0n) is 34.0. The molecule has 0 spiro atoms. The van der Waals surface area contributed by atoms with Crippen molar-refractivity contribution < 1.29 is 33.5 Å². The number of carbonyl (C=O) groups excluding carboxylic acids is 6. The van der Waals surface area contributed by atoms with Gasteiger partial charge in [0, 0.05) is 31.5 Å². The first-order chi connectivity index (χ1) is 27.7. The van der Waals surface area contributed by atoms with E-state index in [9.17, 15) is 28.8 Å². The molecule has 1 aliphatic heterocycles. The molecule has 3 aromatic carbocycles. The lowest BCUT2D eigenvalue weighted by molar-refractivity contribution is -0.144. The van der Waals surface area contributed by atoms with Gasteiger partial charge in [0.15, 0.2) is 0 Å². The summed E-state index contributed by atoms with van der Waals surface area (Å²) in [5, 5.41) is 14.8. The van der Waals surface area contributed by atoms with Gasteiger partial charge in [0.2, 0.25) is 29.5 Å². The summed E-state index contributed by atoms with van der Waals surface area (Å²) in [4.78, 5) is 84.7. The molecule has 1 fully saturated rings. The highest BCUT2D eigenvalue weighted by Crippen LogP contribution is 2.17. The lowest BCUT2D eigenvalue weighted by Crippen LogP contribution is -2.59. The first-order valence-corrected chi connectivity index (χ1v) is 20.3. The van der Waals surface area contributed by atoms with E-state index in [-0.39, 0.29) is 50.7 Å². The van der Waals surface area contributed by atoms with E-state index in [1.54, 1.807) is 38.1 Å². The topological polar surface area (TPSA) is 175 Å². The molecule has 6 amide bonds. The molecule has 1 heterocycles. The van der Waals surface area contributed by atoms with E-state index < -0.39 is 65.8 Å². The number of alkyl carbamates (subject to hydrolysis) is 1. The number of nitrogens with zero attached hydrogens (tertiary/aromatic N) is 1. The minimum absolute atomic E-state index is 0.00263. The third-order valence-electron chi connectivity index (χ3n) is 9.90. The molecule has 14 heteroatoms. The number of carbonyl (C=O) groups is 6. The molecule has 0 unspecified atom stereocenters. The van der Waals surface area contributed by atoms with Gasteiger partial charge in [-0.15, -0.1) is 0 Å². The van der Waals surface area contributed by atoms with Gasteiger partial charge in [-0.3, -0.25) is 24.0 Å². The van der Waals surface area contributed by atoms with Crippen LogP contribution in [0.3, 0.4) is 0 Å². The maximum absolute atomic E-state index is 14.4. The SMILES string of the molecule is CC(C)C[C@@H]1NC(=O)[C@H](C(C)C)N(C)C(=O)[C@@H](CCCCNC(=O)OCc2cccc(Cl)c2)NC(=O)[C@@H](Cc2ccccc2)NC(=O)[C@H](Cc2ccccc2)NC1=O. The summed E-state index contributed by atoms with van der Waals surface area (Å²) < 4.78 is 5.30. The van der Waals surface area contributed by atoms with Gasteiger partial charge in [-0.1, -0.05) is 112 Å². The van der Waals surface area contributed by atoms with Crippen LogP contribution in [-0.2, 0) is 48.2 Å². The van der Waals surface area contributed by atoms with Crippen molar-refractivity contribution in [2.45, 2.75) is 103 Å². The van der Waals surface area contributed by atoms with Crippen LogP contribution < -0.4 is 26.6 Å². The maximum atomic E-state index is 14.4. The van der Waals surface area contributed by atoms with E-state index in [0.29, 0.717) is 17.9 Å². The van der Waals surface area contributed by atoms with Gasteiger partial charge in [0.05, 0.1) is 0 Å². The Hall–Kier alpha value is -5.43. The van der Waals surface area contributed by atoms with Crippen LogP contribution in [0.1, 0.15) is 70.1 Å². The van der Waals surface area contributed by atoms with Gasteiger partial charge in [0.1, 0.15) is 36.8 Å². The second kappa shape index (κ2) is 22.5. The van der Waals surface area contributed by atoms with Crippen molar-refractivity contribution in [2.24, 2.45) is 11.8 Å². The van der Waals surface area contributed by atoms with E-state index in [1.165, 1.54) is 11.9 Å². The molecular weight excluding hydrogens is 760 g/mol. The average Bonchev–Trinajstić information content (AvgIpc) is 3.18. The molecule has 58 heavy (non-hydrogen) atoms. The Morgan fingerprint density at radius 3 is 1.74 bits per heavy atom. The number of amides is 6. The zero-order chi connectivity index (χ0) is 42.2. The normalized spacial score (nSPS) is 21.0. The molecule has 13 nitrogen and oxygen atoms in total. The molecule has 1 aliphatic rings. The van der Waals surface area contributed by atoms with Crippen LogP contribution in [0.15, 0.2) is 84.9 Å². The van der Waals surface area contributed by atoms with E-state index in [2.05, 4.69) is 26.6 Å². The van der Waals surface area contributed by atoms with E-state index in [1.807, 2.05) is 74.5 Å². The van der Waals surface area contributed by atoms with Gasteiger partial charge in [-0.2, -0.15) is 0 Å². The first-order valence-electron chi connectivity index (χ1n) is 19.9. The molecule has 0 bridgehead atoms. The van der Waals surface area contributed by atoms with Crippen LogP contribution in [0.4, 0.5) is 4.79 Å². The van der Waals surface area contributed by atoms with Crippen LogP contribution in [0, 0.1) is 11.8 Å². The Morgan fingerprint density at radius 1 is 0.690 bits per heavy atom. The summed E-state index contributed by atoms with van der Waals surface area (Å²) >= 11 is 6.02.